The van der Waals surface area contributed by atoms with Crippen molar-refractivity contribution in [3.05, 3.63) is 6.42 Å². The molecule has 0 saturated heterocycles. The highest BCUT2D eigenvalue weighted by Gasteiger charge is 2.64. The Morgan fingerprint density at radius 3 is 2.74 bits per heavy atom. The van der Waals surface area contributed by atoms with Crippen molar-refractivity contribution in [3.63, 3.8) is 0 Å². The van der Waals surface area contributed by atoms with E-state index < -0.39 is 0 Å². The quantitative estimate of drug-likeness (QED) is 0.727. The first kappa shape index (κ1) is 16.0. The molecule has 0 aliphatic heterocycles. The lowest BCUT2D eigenvalue weighted by Gasteiger charge is -2.60. The third-order valence-corrected chi connectivity index (χ3v) is 8.87. The van der Waals surface area contributed by atoms with Crippen molar-refractivity contribution in [1.29, 1.82) is 0 Å². The molecule has 0 spiro atoms. The highest BCUT2D eigenvalue weighted by atomic mass is 16.3. The van der Waals surface area contributed by atoms with E-state index >= 15 is 0 Å². The minimum absolute atomic E-state index is 0.0529. The van der Waals surface area contributed by atoms with E-state index in [0.717, 1.165) is 37.5 Å². The molecule has 128 valence electrons. The van der Waals surface area contributed by atoms with E-state index in [9.17, 15) is 9.90 Å². The molecule has 1 N–H and O–H groups in total. The zero-order valence-electron chi connectivity index (χ0n) is 15.1. The van der Waals surface area contributed by atoms with Gasteiger partial charge in [-0.3, -0.25) is 0 Å². The fourth-order valence-electron chi connectivity index (χ4n) is 7.37. The van der Waals surface area contributed by atoms with Crippen molar-refractivity contribution in [3.8, 4) is 0 Å². The van der Waals surface area contributed by atoms with E-state index in [1.165, 1.54) is 25.7 Å². The van der Waals surface area contributed by atoms with Gasteiger partial charge in [0.05, 0.1) is 11.5 Å². The number of ketones is 1. The van der Waals surface area contributed by atoms with Gasteiger partial charge in [0.25, 0.3) is 0 Å². The van der Waals surface area contributed by atoms with Crippen LogP contribution in [0.1, 0.15) is 72.1 Å². The Hall–Kier alpha value is -0.500. The zero-order chi connectivity index (χ0) is 16.4. The predicted molar refractivity (Wildman–Crippen MR) is 91.6 cm³/mol. The van der Waals surface area contributed by atoms with E-state index in [0.29, 0.717) is 29.0 Å². The lowest BCUT2D eigenvalue weighted by Crippen LogP contribution is -2.55. The minimum Gasteiger partial charge on any atom is -0.393 e. The standard InChI is InChI=1S/C21H33O2/c1-4-13-12-21(3)14(11-18(13)22)5-6-15-16-7-8-19(23)20(16,2)10-9-17(15)21/h8,13-18,22H,4-7,9-12H2,1-3H3/q+1/t13-,14-,15-,16-,17-,18-,20-,21-/m0/s1. The fraction of sp³-hybridized carbons (Fsp3) is 0.905. The Morgan fingerprint density at radius 1 is 1.22 bits per heavy atom. The monoisotopic (exact) mass is 317 g/mol. The van der Waals surface area contributed by atoms with Crippen LogP contribution in [-0.4, -0.2) is 17.0 Å². The third kappa shape index (κ3) is 2.09. The summed E-state index contributed by atoms with van der Waals surface area (Å²) in [6.45, 7) is 7.01. The summed E-state index contributed by atoms with van der Waals surface area (Å²) in [6.07, 6.45) is 11.2. The van der Waals surface area contributed by atoms with Crippen LogP contribution in [0.3, 0.4) is 0 Å². The van der Waals surface area contributed by atoms with Crippen LogP contribution in [0.4, 0.5) is 0 Å². The van der Waals surface area contributed by atoms with Crippen LogP contribution < -0.4 is 0 Å². The normalized spacial score (nSPS) is 55.6. The topological polar surface area (TPSA) is 37.3 Å². The van der Waals surface area contributed by atoms with Gasteiger partial charge in [0, 0.05) is 5.92 Å². The van der Waals surface area contributed by atoms with Gasteiger partial charge in [-0.15, -0.1) is 0 Å². The molecular weight excluding hydrogens is 284 g/mol. The first-order chi connectivity index (χ1) is 10.9. The maximum Gasteiger partial charge on any atom is 0.312 e. The molecule has 4 aliphatic rings. The average molecular weight is 317 g/mol. The molecule has 0 aromatic rings. The summed E-state index contributed by atoms with van der Waals surface area (Å²) >= 11 is 0. The molecule has 0 unspecified atom stereocenters. The maximum absolute atomic E-state index is 12.4. The predicted octanol–water partition coefficient (Wildman–Crippen LogP) is 4.41. The molecule has 4 fully saturated rings. The van der Waals surface area contributed by atoms with Crippen LogP contribution in [0.25, 0.3) is 0 Å². The van der Waals surface area contributed by atoms with Crippen LogP contribution in [0.2, 0.25) is 0 Å². The van der Waals surface area contributed by atoms with Crippen LogP contribution in [0, 0.1) is 46.8 Å². The second-order valence-corrected chi connectivity index (χ2v) is 9.59. The second-order valence-electron chi connectivity index (χ2n) is 9.59. The summed E-state index contributed by atoms with van der Waals surface area (Å²) in [6, 6.07) is 0. The number of aliphatic hydroxyl groups excluding tert-OH is 1. The molecule has 2 heteroatoms. The van der Waals surface area contributed by atoms with E-state index in [1.54, 1.807) is 0 Å². The highest BCUT2D eigenvalue weighted by Crippen LogP contribution is 2.65. The maximum atomic E-state index is 12.4. The van der Waals surface area contributed by atoms with Crippen LogP contribution >= 0.6 is 0 Å². The number of carbonyl (C=O) groups is 1. The molecule has 0 aromatic heterocycles. The molecule has 23 heavy (non-hydrogen) atoms. The lowest BCUT2D eigenvalue weighted by atomic mass is 9.44. The van der Waals surface area contributed by atoms with Gasteiger partial charge in [-0.1, -0.05) is 20.3 Å². The van der Waals surface area contributed by atoms with Gasteiger partial charge in [-0.2, -0.15) is 0 Å². The molecule has 8 atom stereocenters. The lowest BCUT2D eigenvalue weighted by molar-refractivity contribution is -0.149. The largest absolute Gasteiger partial charge is 0.393 e. The molecule has 0 bridgehead atoms. The van der Waals surface area contributed by atoms with Crippen molar-refractivity contribution >= 4 is 5.78 Å². The summed E-state index contributed by atoms with van der Waals surface area (Å²) in [7, 11) is 0. The number of hydrogen-bond acceptors (Lipinski definition) is 2. The number of hydrogen-bond donors (Lipinski definition) is 1. The average Bonchev–Trinajstić information content (AvgIpc) is 2.83. The number of Topliss-reactive ketones (excluding diaryl/α,β-unsaturated/α-hetero) is 1. The summed E-state index contributed by atoms with van der Waals surface area (Å²) in [5.74, 6) is 3.73. The summed E-state index contributed by atoms with van der Waals surface area (Å²) in [5.41, 5.74) is 0.346. The summed E-state index contributed by atoms with van der Waals surface area (Å²) in [5, 5.41) is 10.5. The Labute approximate surface area is 141 Å². The molecule has 2 nitrogen and oxygen atoms in total. The number of aliphatic hydroxyl groups is 1. The molecule has 0 amide bonds. The van der Waals surface area contributed by atoms with Crippen LogP contribution in [-0.2, 0) is 4.79 Å². The molecule has 4 saturated carbocycles. The van der Waals surface area contributed by atoms with Gasteiger partial charge < -0.3 is 5.11 Å². The molecule has 0 aromatic carbocycles. The van der Waals surface area contributed by atoms with Gasteiger partial charge in [-0.25, -0.2) is 4.79 Å². The Kier molecular flexibility index (Phi) is 3.65. The molecular formula is C21H33O2+. The van der Waals surface area contributed by atoms with Crippen molar-refractivity contribution in [1.82, 2.24) is 0 Å². The van der Waals surface area contributed by atoms with Crippen molar-refractivity contribution in [2.75, 3.05) is 0 Å². The minimum atomic E-state index is -0.0788. The number of fused-ring (bicyclic) bond motifs is 5. The van der Waals surface area contributed by atoms with Crippen LogP contribution in [0.15, 0.2) is 0 Å². The SMILES string of the molecule is CC[C@H]1C[C@@]2(C)[C@@H](CC[C@@H]3[C@@H]2CC[C@]2(C)C(=O)[CH+]C[C@@H]32)C[C@@H]1O. The van der Waals surface area contributed by atoms with Crippen molar-refractivity contribution < 1.29 is 9.90 Å². The van der Waals surface area contributed by atoms with Gasteiger partial charge >= 0.3 is 5.78 Å². The van der Waals surface area contributed by atoms with Crippen LogP contribution in [0.5, 0.6) is 0 Å². The van der Waals surface area contributed by atoms with E-state index in [1.807, 2.05) is 6.42 Å². The fourth-order valence-corrected chi connectivity index (χ4v) is 7.37. The van der Waals surface area contributed by atoms with E-state index in [4.69, 9.17) is 0 Å². The third-order valence-electron chi connectivity index (χ3n) is 8.87. The Morgan fingerprint density at radius 2 is 2.00 bits per heavy atom. The zero-order valence-corrected chi connectivity index (χ0v) is 15.1. The van der Waals surface area contributed by atoms with Gasteiger partial charge in [0.1, 0.15) is 12.8 Å². The van der Waals surface area contributed by atoms with Crippen molar-refractivity contribution in [2.24, 2.45) is 40.4 Å². The van der Waals surface area contributed by atoms with Gasteiger partial charge in [0.15, 0.2) is 0 Å². The second kappa shape index (κ2) is 5.25. The smallest absolute Gasteiger partial charge is 0.312 e. The first-order valence-corrected chi connectivity index (χ1v) is 9.96. The van der Waals surface area contributed by atoms with E-state index in [2.05, 4.69) is 20.8 Å². The number of carbonyl (C=O) groups excluding carboxylic acids is 1. The molecule has 4 rings (SSSR count). The summed E-state index contributed by atoms with van der Waals surface area (Å²) in [4.78, 5) is 12.4. The summed E-state index contributed by atoms with van der Waals surface area (Å²) < 4.78 is 0. The Balaban J connectivity index is 1.64. The number of rotatable bonds is 1. The first-order valence-electron chi connectivity index (χ1n) is 9.96. The van der Waals surface area contributed by atoms with Crippen molar-refractivity contribution in [2.45, 2.75) is 78.2 Å². The molecule has 0 heterocycles. The Bertz CT molecular complexity index is 500. The highest BCUT2D eigenvalue weighted by molar-refractivity contribution is 5.94. The molecule has 0 radical (unpaired) electrons. The van der Waals surface area contributed by atoms with E-state index in [-0.39, 0.29) is 11.5 Å². The van der Waals surface area contributed by atoms with Gasteiger partial charge in [0.2, 0.25) is 0 Å². The van der Waals surface area contributed by atoms with Gasteiger partial charge in [-0.05, 0) is 74.5 Å². The molecule has 4 aliphatic carbocycles.